The Balaban J connectivity index is 2.43. The Hall–Kier alpha value is -1.83. The molecule has 1 rings (SSSR count). The first kappa shape index (κ1) is 16.2. The molecule has 1 fully saturated rings. The molecule has 0 saturated carbocycles. The molecule has 0 spiro atoms. The molecule has 4 N–H and O–H groups in total. The van der Waals surface area contributed by atoms with E-state index in [1.165, 1.54) is 0 Å². The summed E-state index contributed by atoms with van der Waals surface area (Å²) in [6.07, 6.45) is 3.01. The largest absolute Gasteiger partial charge is 0.480 e. The number of piperidine rings is 1. The van der Waals surface area contributed by atoms with Crippen molar-refractivity contribution >= 4 is 17.9 Å². The molecule has 20 heavy (non-hydrogen) atoms. The lowest BCUT2D eigenvalue weighted by molar-refractivity contribution is -0.140. The molecule has 0 aromatic carbocycles. The molecule has 0 bridgehead atoms. The number of aliphatic hydroxyl groups excluding tert-OH is 1. The number of amides is 3. The first-order valence-corrected chi connectivity index (χ1v) is 6.65. The third kappa shape index (κ3) is 4.69. The molecule has 1 unspecified atom stereocenters. The van der Waals surface area contributed by atoms with E-state index in [-0.39, 0.29) is 5.91 Å². The van der Waals surface area contributed by atoms with Crippen molar-refractivity contribution in [2.24, 2.45) is 0 Å². The van der Waals surface area contributed by atoms with E-state index in [0.717, 1.165) is 19.3 Å². The van der Waals surface area contributed by atoms with Crippen molar-refractivity contribution in [3.8, 4) is 0 Å². The molecule has 1 heterocycles. The monoisotopic (exact) mass is 287 g/mol. The maximum atomic E-state index is 12.0. The number of carboxylic acid groups (broad SMARTS) is 1. The Kier molecular flexibility index (Phi) is 6.23. The summed E-state index contributed by atoms with van der Waals surface area (Å²) in [7, 11) is 0. The quantitative estimate of drug-likeness (QED) is 0.524. The van der Waals surface area contributed by atoms with Crippen LogP contribution in [0.25, 0.3) is 0 Å². The fourth-order valence-corrected chi connectivity index (χ4v) is 2.03. The van der Waals surface area contributed by atoms with Crippen LogP contribution in [0.15, 0.2) is 0 Å². The van der Waals surface area contributed by atoms with E-state index >= 15 is 0 Å². The van der Waals surface area contributed by atoms with Gasteiger partial charge in [0.05, 0.1) is 6.61 Å². The lowest BCUT2D eigenvalue weighted by Gasteiger charge is -2.29. The van der Waals surface area contributed by atoms with Crippen molar-refractivity contribution < 1.29 is 24.6 Å². The Labute approximate surface area is 117 Å². The molecule has 8 nitrogen and oxygen atoms in total. The van der Waals surface area contributed by atoms with Gasteiger partial charge in [-0.2, -0.15) is 0 Å². The summed E-state index contributed by atoms with van der Waals surface area (Å²) in [6, 6.07) is -2.90. The normalized spacial score (nSPS) is 18.0. The molecule has 3 amide bonds. The summed E-state index contributed by atoms with van der Waals surface area (Å²) >= 11 is 0. The Morgan fingerprint density at radius 1 is 1.15 bits per heavy atom. The lowest BCUT2D eigenvalue weighted by Crippen LogP contribution is -2.54. The van der Waals surface area contributed by atoms with Crippen molar-refractivity contribution in [2.45, 2.75) is 38.3 Å². The fourth-order valence-electron chi connectivity index (χ4n) is 2.03. The number of nitrogens with one attached hydrogen (secondary N) is 2. The van der Waals surface area contributed by atoms with Gasteiger partial charge in [0, 0.05) is 13.1 Å². The number of aliphatic hydroxyl groups is 1. The van der Waals surface area contributed by atoms with Gasteiger partial charge in [-0.3, -0.25) is 4.79 Å². The van der Waals surface area contributed by atoms with Crippen LogP contribution < -0.4 is 10.6 Å². The van der Waals surface area contributed by atoms with Crippen LogP contribution in [-0.2, 0) is 9.59 Å². The van der Waals surface area contributed by atoms with Gasteiger partial charge in [-0.05, 0) is 26.2 Å². The maximum absolute atomic E-state index is 12.0. The molecule has 2 atom stereocenters. The van der Waals surface area contributed by atoms with Crippen molar-refractivity contribution in [1.29, 1.82) is 0 Å². The highest BCUT2D eigenvalue weighted by atomic mass is 16.4. The molecular weight excluding hydrogens is 266 g/mol. The number of urea groups is 1. The molecule has 0 aromatic heterocycles. The van der Waals surface area contributed by atoms with Crippen LogP contribution in [0, 0.1) is 0 Å². The van der Waals surface area contributed by atoms with Gasteiger partial charge in [0.25, 0.3) is 0 Å². The summed E-state index contributed by atoms with van der Waals surface area (Å²) < 4.78 is 0. The second kappa shape index (κ2) is 7.68. The minimum absolute atomic E-state index is 0.185. The van der Waals surface area contributed by atoms with Gasteiger partial charge in [0.2, 0.25) is 5.91 Å². The van der Waals surface area contributed by atoms with Gasteiger partial charge in [-0.25, -0.2) is 9.59 Å². The molecule has 8 heteroatoms. The van der Waals surface area contributed by atoms with Gasteiger partial charge in [0.15, 0.2) is 6.04 Å². The summed E-state index contributed by atoms with van der Waals surface area (Å²) in [5, 5.41) is 22.0. The zero-order valence-electron chi connectivity index (χ0n) is 11.5. The number of carbonyl (C=O) groups excluding carboxylic acids is 2. The van der Waals surface area contributed by atoms with Crippen molar-refractivity contribution in [2.75, 3.05) is 19.7 Å². The van der Waals surface area contributed by atoms with E-state index < -0.39 is 30.7 Å². The fraction of sp³-hybridized carbons (Fsp3) is 0.750. The third-order valence-electron chi connectivity index (χ3n) is 3.17. The number of carbonyl (C=O) groups is 3. The third-order valence-corrected chi connectivity index (χ3v) is 3.17. The SMILES string of the molecule is CC(NC(=O)N[C@H](CO)C(=O)O)C(=O)N1CCCCC1. The number of hydrogen-bond acceptors (Lipinski definition) is 4. The van der Waals surface area contributed by atoms with Crippen LogP contribution in [0.4, 0.5) is 4.79 Å². The number of carboxylic acids is 1. The molecule has 114 valence electrons. The molecular formula is C12H21N3O5. The summed E-state index contributed by atoms with van der Waals surface area (Å²) in [4.78, 5) is 35.9. The van der Waals surface area contributed by atoms with E-state index in [1.807, 2.05) is 0 Å². The summed E-state index contributed by atoms with van der Waals surface area (Å²) in [5.74, 6) is -1.52. The lowest BCUT2D eigenvalue weighted by atomic mass is 10.1. The van der Waals surface area contributed by atoms with Crippen LogP contribution in [0.3, 0.4) is 0 Å². The first-order valence-electron chi connectivity index (χ1n) is 6.65. The van der Waals surface area contributed by atoms with Gasteiger partial charge in [-0.1, -0.05) is 0 Å². The number of likely N-dealkylation sites (tertiary alicyclic amines) is 1. The van der Waals surface area contributed by atoms with Gasteiger partial charge in [-0.15, -0.1) is 0 Å². The van der Waals surface area contributed by atoms with Gasteiger partial charge in [0.1, 0.15) is 6.04 Å². The van der Waals surface area contributed by atoms with Crippen LogP contribution in [0.2, 0.25) is 0 Å². The number of aliphatic carboxylic acids is 1. The zero-order valence-corrected chi connectivity index (χ0v) is 11.5. The molecule has 0 radical (unpaired) electrons. The topological polar surface area (TPSA) is 119 Å². The average molecular weight is 287 g/mol. The van der Waals surface area contributed by atoms with Crippen molar-refractivity contribution in [3.05, 3.63) is 0 Å². The second-order valence-corrected chi connectivity index (χ2v) is 4.80. The van der Waals surface area contributed by atoms with E-state index in [9.17, 15) is 14.4 Å². The number of hydrogen-bond donors (Lipinski definition) is 4. The highest BCUT2D eigenvalue weighted by molar-refractivity contribution is 5.88. The Bertz CT molecular complexity index is 368. The smallest absolute Gasteiger partial charge is 0.328 e. The van der Waals surface area contributed by atoms with Gasteiger partial charge < -0.3 is 25.7 Å². The highest BCUT2D eigenvalue weighted by Crippen LogP contribution is 2.09. The number of rotatable bonds is 5. The predicted molar refractivity (Wildman–Crippen MR) is 70.1 cm³/mol. The molecule has 0 aliphatic carbocycles. The minimum atomic E-state index is -1.38. The summed E-state index contributed by atoms with van der Waals surface area (Å²) in [5.41, 5.74) is 0. The first-order chi connectivity index (χ1) is 9.45. The van der Waals surface area contributed by atoms with Crippen molar-refractivity contribution in [1.82, 2.24) is 15.5 Å². The maximum Gasteiger partial charge on any atom is 0.328 e. The Morgan fingerprint density at radius 3 is 2.25 bits per heavy atom. The molecule has 1 aliphatic heterocycles. The standard InChI is InChI=1S/C12H21N3O5/c1-8(10(17)15-5-3-2-4-6-15)13-12(20)14-9(7-16)11(18)19/h8-9,16H,2-7H2,1H3,(H,18,19)(H2,13,14,20)/t8?,9-/m1/s1. The molecule has 0 aromatic rings. The van der Waals surface area contributed by atoms with Crippen LogP contribution >= 0.6 is 0 Å². The average Bonchev–Trinajstić information content (AvgIpc) is 2.44. The number of nitrogens with zero attached hydrogens (tertiary/aromatic N) is 1. The van der Waals surface area contributed by atoms with E-state index in [2.05, 4.69) is 10.6 Å². The minimum Gasteiger partial charge on any atom is -0.480 e. The predicted octanol–water partition coefficient (Wildman–Crippen LogP) is -0.868. The van der Waals surface area contributed by atoms with Crippen LogP contribution in [0.1, 0.15) is 26.2 Å². The second-order valence-electron chi connectivity index (χ2n) is 4.80. The van der Waals surface area contributed by atoms with Crippen LogP contribution in [0.5, 0.6) is 0 Å². The molecule has 1 saturated heterocycles. The van der Waals surface area contributed by atoms with E-state index in [0.29, 0.717) is 13.1 Å². The van der Waals surface area contributed by atoms with Crippen molar-refractivity contribution in [3.63, 3.8) is 0 Å². The highest BCUT2D eigenvalue weighted by Gasteiger charge is 2.25. The summed E-state index contributed by atoms with van der Waals surface area (Å²) in [6.45, 7) is 2.20. The molecule has 1 aliphatic rings. The Morgan fingerprint density at radius 2 is 1.75 bits per heavy atom. The van der Waals surface area contributed by atoms with Crippen LogP contribution in [-0.4, -0.2) is 64.8 Å². The van der Waals surface area contributed by atoms with E-state index in [1.54, 1.807) is 11.8 Å². The van der Waals surface area contributed by atoms with E-state index in [4.69, 9.17) is 10.2 Å². The van der Waals surface area contributed by atoms with Gasteiger partial charge >= 0.3 is 12.0 Å². The zero-order chi connectivity index (χ0) is 15.1.